The molecule has 4 aromatic heterocycles. The lowest BCUT2D eigenvalue weighted by atomic mass is 10.2. The van der Waals surface area contributed by atoms with Gasteiger partial charge < -0.3 is 20.7 Å². The molecule has 12 heteroatoms. The average Bonchev–Trinajstić information content (AvgIpc) is 3.66. The predicted molar refractivity (Wildman–Crippen MR) is 154 cm³/mol. The second-order valence-corrected chi connectivity index (χ2v) is 10.2. The van der Waals surface area contributed by atoms with Gasteiger partial charge in [-0.15, -0.1) is 11.3 Å². The molecule has 0 saturated heterocycles. The van der Waals surface area contributed by atoms with Gasteiger partial charge >= 0.3 is 6.09 Å². The first-order chi connectivity index (χ1) is 19.4. The maximum Gasteiger partial charge on any atom is 0.407 e. The number of fused-ring (bicyclic) bond motifs is 1. The third kappa shape index (κ3) is 6.12. The van der Waals surface area contributed by atoms with Crippen LogP contribution in [0.3, 0.4) is 0 Å². The number of rotatable bonds is 10. The molecule has 0 atom stereocenters. The molecular weight excluding hydrogens is 528 g/mol. The molecule has 0 unspecified atom stereocenters. The summed E-state index contributed by atoms with van der Waals surface area (Å²) in [5, 5.41) is 14.1. The van der Waals surface area contributed by atoms with E-state index in [9.17, 15) is 9.59 Å². The van der Waals surface area contributed by atoms with E-state index in [1.54, 1.807) is 17.1 Å². The first-order valence-electron chi connectivity index (χ1n) is 12.9. The molecule has 5 aromatic rings. The van der Waals surface area contributed by atoms with Crippen LogP contribution in [0, 0.1) is 6.92 Å². The number of hydrogen-bond acceptors (Lipinski definition) is 8. The summed E-state index contributed by atoms with van der Waals surface area (Å²) in [6.07, 6.45) is 7.36. The topological polar surface area (TPSA) is 127 Å². The fraction of sp³-hybridized carbons (Fsp3) is 0.250. The molecule has 3 N–H and O–H groups in total. The number of anilines is 2. The molecule has 4 heterocycles. The van der Waals surface area contributed by atoms with E-state index in [2.05, 4.69) is 26.0 Å². The van der Waals surface area contributed by atoms with Gasteiger partial charge in [0.2, 0.25) is 0 Å². The van der Waals surface area contributed by atoms with Crippen LogP contribution in [0.2, 0.25) is 0 Å². The number of aryl methyl sites for hydroxylation is 2. The van der Waals surface area contributed by atoms with E-state index in [-0.39, 0.29) is 12.5 Å². The van der Waals surface area contributed by atoms with Crippen LogP contribution in [0.5, 0.6) is 0 Å². The van der Waals surface area contributed by atoms with E-state index in [4.69, 9.17) is 9.72 Å². The lowest BCUT2D eigenvalue weighted by molar-refractivity contribution is 0.0959. The third-order valence-corrected chi connectivity index (χ3v) is 7.26. The summed E-state index contributed by atoms with van der Waals surface area (Å²) >= 11 is 1.36. The summed E-state index contributed by atoms with van der Waals surface area (Å²) in [6.45, 7) is 4.89. The Hall–Kier alpha value is -4.71. The van der Waals surface area contributed by atoms with Gasteiger partial charge in [-0.05, 0) is 31.0 Å². The number of imidazole rings is 1. The zero-order chi connectivity index (χ0) is 28.1. The molecule has 0 bridgehead atoms. The van der Waals surface area contributed by atoms with Gasteiger partial charge in [0.05, 0.1) is 33.7 Å². The Kier molecular flexibility index (Phi) is 8.06. The number of alkyl carbamates (subject to hydrolysis) is 1. The van der Waals surface area contributed by atoms with Crippen molar-refractivity contribution in [3.63, 3.8) is 0 Å². The maximum atomic E-state index is 12.4. The van der Waals surface area contributed by atoms with Gasteiger partial charge in [-0.3, -0.25) is 13.9 Å². The van der Waals surface area contributed by atoms with Crippen LogP contribution in [0.1, 0.15) is 33.4 Å². The van der Waals surface area contributed by atoms with Crippen molar-refractivity contribution in [3.05, 3.63) is 82.9 Å². The van der Waals surface area contributed by atoms with Crippen LogP contribution in [0.25, 0.3) is 16.9 Å². The Morgan fingerprint density at radius 1 is 1.10 bits per heavy atom. The first-order valence-corrected chi connectivity index (χ1v) is 13.7. The number of carbonyl (C=O) groups is 2. The molecule has 5 rings (SSSR count). The molecule has 0 aliphatic rings. The molecule has 206 valence electrons. The molecule has 40 heavy (non-hydrogen) atoms. The van der Waals surface area contributed by atoms with Crippen molar-refractivity contribution in [2.75, 3.05) is 18.4 Å². The van der Waals surface area contributed by atoms with Crippen LogP contribution in [-0.2, 0) is 24.8 Å². The lowest BCUT2D eigenvalue weighted by Gasteiger charge is -2.11. The van der Waals surface area contributed by atoms with Crippen molar-refractivity contribution in [2.24, 2.45) is 7.05 Å². The van der Waals surface area contributed by atoms with E-state index in [1.807, 2.05) is 74.1 Å². The summed E-state index contributed by atoms with van der Waals surface area (Å²) < 4.78 is 9.01. The van der Waals surface area contributed by atoms with Gasteiger partial charge in [0, 0.05) is 44.5 Å². The van der Waals surface area contributed by atoms with Crippen molar-refractivity contribution in [2.45, 2.75) is 26.9 Å². The Morgan fingerprint density at radius 2 is 1.93 bits per heavy atom. The monoisotopic (exact) mass is 558 g/mol. The van der Waals surface area contributed by atoms with Crippen LogP contribution in [0.4, 0.5) is 15.6 Å². The van der Waals surface area contributed by atoms with E-state index >= 15 is 0 Å². The average molecular weight is 559 g/mol. The molecule has 2 amide bonds. The zero-order valence-electron chi connectivity index (χ0n) is 22.5. The lowest BCUT2D eigenvalue weighted by Crippen LogP contribution is -2.26. The van der Waals surface area contributed by atoms with Crippen LogP contribution in [0.15, 0.2) is 61.2 Å². The quantitative estimate of drug-likeness (QED) is 0.231. The summed E-state index contributed by atoms with van der Waals surface area (Å²) in [5.41, 5.74) is 4.93. The Balaban J connectivity index is 1.37. The van der Waals surface area contributed by atoms with Crippen molar-refractivity contribution in [1.82, 2.24) is 34.8 Å². The van der Waals surface area contributed by atoms with Gasteiger partial charge in [-0.1, -0.05) is 30.3 Å². The van der Waals surface area contributed by atoms with Gasteiger partial charge in [0.25, 0.3) is 5.91 Å². The maximum absolute atomic E-state index is 12.4. The minimum Gasteiger partial charge on any atom is -0.445 e. The highest BCUT2D eigenvalue weighted by Crippen LogP contribution is 2.31. The molecular formula is C28H30N8O3S. The minimum atomic E-state index is -0.492. The number of amides is 2. The summed E-state index contributed by atoms with van der Waals surface area (Å²) in [7, 11) is 1.86. The largest absolute Gasteiger partial charge is 0.445 e. The van der Waals surface area contributed by atoms with E-state index in [0.717, 1.165) is 33.1 Å². The van der Waals surface area contributed by atoms with Crippen molar-refractivity contribution >= 4 is 39.8 Å². The smallest absolute Gasteiger partial charge is 0.407 e. The van der Waals surface area contributed by atoms with Gasteiger partial charge in [0.1, 0.15) is 6.61 Å². The number of benzene rings is 1. The minimum absolute atomic E-state index is 0.102. The van der Waals surface area contributed by atoms with E-state index in [1.165, 1.54) is 11.3 Å². The molecule has 0 fully saturated rings. The predicted octanol–water partition coefficient (Wildman–Crippen LogP) is 4.46. The fourth-order valence-corrected chi connectivity index (χ4v) is 5.19. The van der Waals surface area contributed by atoms with Gasteiger partial charge in [-0.2, -0.15) is 5.10 Å². The Morgan fingerprint density at radius 3 is 2.67 bits per heavy atom. The van der Waals surface area contributed by atoms with Crippen molar-refractivity contribution in [1.29, 1.82) is 0 Å². The van der Waals surface area contributed by atoms with E-state index < -0.39 is 6.09 Å². The molecule has 0 radical (unpaired) electrons. The number of carbonyl (C=O) groups excluding carboxylic acids is 2. The summed E-state index contributed by atoms with van der Waals surface area (Å²) in [5.74, 6) is 0.442. The van der Waals surface area contributed by atoms with Crippen LogP contribution < -0.4 is 16.0 Å². The fourth-order valence-electron chi connectivity index (χ4n) is 4.20. The highest BCUT2D eigenvalue weighted by atomic mass is 32.1. The highest BCUT2D eigenvalue weighted by Gasteiger charge is 2.17. The zero-order valence-corrected chi connectivity index (χ0v) is 23.3. The normalized spacial score (nSPS) is 11.0. The molecule has 1 aromatic carbocycles. The van der Waals surface area contributed by atoms with Crippen molar-refractivity contribution in [3.8, 4) is 11.3 Å². The molecule has 11 nitrogen and oxygen atoms in total. The molecule has 0 spiro atoms. The number of hydrogen-bond donors (Lipinski definition) is 3. The molecule has 0 aliphatic carbocycles. The third-order valence-electron chi connectivity index (χ3n) is 6.11. The van der Waals surface area contributed by atoms with Gasteiger partial charge in [-0.25, -0.2) is 14.8 Å². The standard InChI is InChI=1S/C28H30N8O3S/c1-4-29-27(37)24-18(2)12-23(40-24)34-25-26-31-14-22(20-13-32-35(3)15-20)36(26)16-21(33-25)10-11-30-28(38)39-17-19-8-6-5-7-9-19/h5-9,12-16H,4,10-11,17H2,1-3H3,(H,29,37)(H,30,38)(H,33,34). The van der Waals surface area contributed by atoms with Crippen LogP contribution in [-0.4, -0.2) is 49.2 Å². The van der Waals surface area contributed by atoms with Crippen molar-refractivity contribution < 1.29 is 14.3 Å². The Labute approximate surface area is 235 Å². The van der Waals surface area contributed by atoms with Gasteiger partial charge in [0.15, 0.2) is 11.5 Å². The highest BCUT2D eigenvalue weighted by molar-refractivity contribution is 7.18. The van der Waals surface area contributed by atoms with E-state index in [0.29, 0.717) is 35.9 Å². The Bertz CT molecular complexity index is 1640. The number of ether oxygens (including phenoxy) is 1. The number of nitrogens with zero attached hydrogens (tertiary/aromatic N) is 5. The SMILES string of the molecule is CCNC(=O)c1sc(Nc2nc(CCNC(=O)OCc3ccccc3)cn3c(-c4cnn(C)c4)cnc23)cc1C. The summed E-state index contributed by atoms with van der Waals surface area (Å²) in [4.78, 5) is 34.8. The number of thiophene rings is 1. The summed E-state index contributed by atoms with van der Waals surface area (Å²) in [6, 6.07) is 11.4. The second kappa shape index (κ2) is 12.0. The number of aromatic nitrogens is 5. The second-order valence-electron chi connectivity index (χ2n) is 9.17. The molecule has 0 aliphatic heterocycles. The first kappa shape index (κ1) is 26.9. The molecule has 0 saturated carbocycles. The van der Waals surface area contributed by atoms with Crippen LogP contribution >= 0.6 is 11.3 Å². The number of nitrogens with one attached hydrogen (secondary N) is 3.